The lowest BCUT2D eigenvalue weighted by molar-refractivity contribution is 0.227. The van der Waals surface area contributed by atoms with Crippen molar-refractivity contribution in [3.63, 3.8) is 0 Å². The second-order valence-electron chi connectivity index (χ2n) is 5.79. The van der Waals surface area contributed by atoms with Gasteiger partial charge >= 0.3 is 0 Å². The van der Waals surface area contributed by atoms with E-state index in [4.69, 9.17) is 5.14 Å². The summed E-state index contributed by atoms with van der Waals surface area (Å²) in [6, 6.07) is 8.62. The van der Waals surface area contributed by atoms with E-state index in [0.717, 1.165) is 24.1 Å². The van der Waals surface area contributed by atoms with E-state index in [1.807, 2.05) is 6.08 Å². The van der Waals surface area contributed by atoms with Gasteiger partial charge in [0, 0.05) is 18.4 Å². The van der Waals surface area contributed by atoms with Crippen molar-refractivity contribution < 1.29 is 9.32 Å². The molecule has 2 atom stereocenters. The molecule has 0 radical (unpaired) electrons. The number of hydrogen-bond acceptors (Lipinski definition) is 6. The van der Waals surface area contributed by atoms with Gasteiger partial charge in [0.1, 0.15) is 16.8 Å². The monoisotopic (exact) mass is 371 g/mol. The molecule has 0 saturated carbocycles. The summed E-state index contributed by atoms with van der Waals surface area (Å²) >= 11 is 0. The molecule has 0 bridgehead atoms. The molecular weight excluding hydrogens is 350 g/mol. The van der Waals surface area contributed by atoms with Gasteiger partial charge in [-0.15, -0.1) is 0 Å². The van der Waals surface area contributed by atoms with Gasteiger partial charge in [-0.3, -0.25) is 0 Å². The van der Waals surface area contributed by atoms with Crippen LogP contribution in [0.2, 0.25) is 0 Å². The Morgan fingerprint density at radius 2 is 2.04 bits per heavy atom. The summed E-state index contributed by atoms with van der Waals surface area (Å²) in [5, 5.41) is 21.8. The minimum atomic E-state index is -1.50. The number of anilines is 3. The Bertz CT molecular complexity index is 836. The van der Waals surface area contributed by atoms with Crippen LogP contribution in [0.25, 0.3) is 0 Å². The molecular formula is C18H21N5O2S. The van der Waals surface area contributed by atoms with Gasteiger partial charge in [0.15, 0.2) is 0 Å². The van der Waals surface area contributed by atoms with Crippen molar-refractivity contribution in [3.05, 3.63) is 60.3 Å². The maximum atomic E-state index is 11.2. The van der Waals surface area contributed by atoms with Crippen LogP contribution in [0, 0.1) is 0 Å². The summed E-state index contributed by atoms with van der Waals surface area (Å²) in [6.07, 6.45) is 9.11. The van der Waals surface area contributed by atoms with Crippen LogP contribution < -0.4 is 15.8 Å². The van der Waals surface area contributed by atoms with Crippen LogP contribution in [0.5, 0.6) is 0 Å². The van der Waals surface area contributed by atoms with Crippen molar-refractivity contribution in [3.8, 4) is 0 Å². The molecule has 7 nitrogen and oxygen atoms in total. The Hall–Kier alpha value is -2.55. The van der Waals surface area contributed by atoms with E-state index in [-0.39, 0.29) is 0 Å². The number of benzene rings is 1. The quantitative estimate of drug-likeness (QED) is 0.594. The fourth-order valence-corrected chi connectivity index (χ4v) is 2.92. The maximum absolute atomic E-state index is 11.2. The number of hydrogen-bond donors (Lipinski definition) is 4. The second kappa shape index (κ2) is 8.70. The third-order valence-corrected chi connectivity index (χ3v) is 4.62. The SMILES string of the molecule is NS(=O)c1ccc(Nc2nccc(NCC(O)C3=CCCC=C3)n2)cc1. The molecule has 1 aromatic heterocycles. The molecule has 0 spiro atoms. The highest BCUT2D eigenvalue weighted by atomic mass is 32.2. The number of nitrogens with one attached hydrogen (secondary N) is 2. The van der Waals surface area contributed by atoms with Crippen molar-refractivity contribution in [1.82, 2.24) is 9.97 Å². The zero-order valence-electron chi connectivity index (χ0n) is 14.1. The summed E-state index contributed by atoms with van der Waals surface area (Å²) in [6.45, 7) is 0.365. The number of nitrogens with two attached hydrogens (primary N) is 1. The Morgan fingerprint density at radius 3 is 2.73 bits per heavy atom. The van der Waals surface area contributed by atoms with Crippen LogP contribution >= 0.6 is 0 Å². The molecule has 2 unspecified atom stereocenters. The Labute approximate surface area is 154 Å². The van der Waals surface area contributed by atoms with Gasteiger partial charge in [-0.2, -0.15) is 4.98 Å². The Morgan fingerprint density at radius 1 is 1.23 bits per heavy atom. The first-order chi connectivity index (χ1) is 12.6. The van der Waals surface area contributed by atoms with Crippen LogP contribution in [0.1, 0.15) is 12.8 Å². The maximum Gasteiger partial charge on any atom is 0.229 e. The number of allylic oxidation sites excluding steroid dienone is 2. The Balaban J connectivity index is 1.60. The summed E-state index contributed by atoms with van der Waals surface area (Å²) in [7, 11) is -1.50. The predicted molar refractivity (Wildman–Crippen MR) is 103 cm³/mol. The van der Waals surface area contributed by atoms with Gasteiger partial charge in [0.25, 0.3) is 0 Å². The molecule has 1 aliphatic carbocycles. The van der Waals surface area contributed by atoms with Crippen molar-refractivity contribution in [2.45, 2.75) is 23.8 Å². The highest BCUT2D eigenvalue weighted by Crippen LogP contribution is 2.17. The standard InChI is InChI=1S/C18H21N5O2S/c19-26(25)15-8-6-14(7-9-15)22-18-20-11-10-17(23-18)21-12-16(24)13-4-2-1-3-5-13/h2,4-11,16,24H,1,3,12,19H2,(H2,20,21,22,23). The van der Waals surface area contributed by atoms with Gasteiger partial charge in [-0.1, -0.05) is 18.2 Å². The molecule has 1 aliphatic rings. The van der Waals surface area contributed by atoms with E-state index in [1.54, 1.807) is 36.5 Å². The van der Waals surface area contributed by atoms with E-state index in [0.29, 0.717) is 23.2 Å². The number of aromatic nitrogens is 2. The summed E-state index contributed by atoms with van der Waals surface area (Å²) < 4.78 is 11.2. The van der Waals surface area contributed by atoms with Crippen LogP contribution in [0.3, 0.4) is 0 Å². The lowest BCUT2D eigenvalue weighted by atomic mass is 10.0. The van der Waals surface area contributed by atoms with Gasteiger partial charge in [-0.25, -0.2) is 14.3 Å². The smallest absolute Gasteiger partial charge is 0.229 e. The normalized spacial score (nSPS) is 15.8. The molecule has 1 heterocycles. The van der Waals surface area contributed by atoms with Crippen LogP contribution in [0.4, 0.5) is 17.5 Å². The van der Waals surface area contributed by atoms with Crippen LogP contribution in [-0.4, -0.2) is 31.9 Å². The third kappa shape index (κ3) is 4.98. The molecule has 1 aromatic carbocycles. The zero-order chi connectivity index (χ0) is 18.4. The fourth-order valence-electron chi connectivity index (χ4n) is 2.52. The largest absolute Gasteiger partial charge is 0.387 e. The predicted octanol–water partition coefficient (Wildman–Crippen LogP) is 2.25. The lowest BCUT2D eigenvalue weighted by Crippen LogP contribution is -2.22. The van der Waals surface area contributed by atoms with Crippen LogP contribution in [-0.2, 0) is 11.0 Å². The first-order valence-electron chi connectivity index (χ1n) is 8.26. The summed E-state index contributed by atoms with van der Waals surface area (Å²) in [5.74, 6) is 1.03. The average molecular weight is 371 g/mol. The van der Waals surface area contributed by atoms with Gasteiger partial charge in [0.05, 0.1) is 11.0 Å². The van der Waals surface area contributed by atoms with Gasteiger partial charge in [0.2, 0.25) is 5.95 Å². The van der Waals surface area contributed by atoms with Crippen molar-refractivity contribution in [2.75, 3.05) is 17.2 Å². The lowest BCUT2D eigenvalue weighted by Gasteiger charge is -2.16. The molecule has 26 heavy (non-hydrogen) atoms. The first kappa shape index (κ1) is 18.2. The number of rotatable bonds is 7. The highest BCUT2D eigenvalue weighted by molar-refractivity contribution is 7.82. The Kier molecular flexibility index (Phi) is 6.11. The van der Waals surface area contributed by atoms with E-state index in [9.17, 15) is 9.32 Å². The van der Waals surface area contributed by atoms with Gasteiger partial charge in [-0.05, 0) is 48.7 Å². The van der Waals surface area contributed by atoms with E-state index >= 15 is 0 Å². The molecule has 0 fully saturated rings. The van der Waals surface area contributed by atoms with E-state index < -0.39 is 17.1 Å². The molecule has 5 N–H and O–H groups in total. The molecule has 0 aliphatic heterocycles. The molecule has 2 aromatic rings. The fraction of sp³-hybridized carbons (Fsp3) is 0.222. The average Bonchev–Trinajstić information content (AvgIpc) is 2.67. The number of aliphatic hydroxyl groups excluding tert-OH is 1. The number of aliphatic hydroxyl groups is 1. The van der Waals surface area contributed by atoms with Crippen molar-refractivity contribution >= 4 is 28.4 Å². The summed E-state index contributed by atoms with van der Waals surface area (Å²) in [5.41, 5.74) is 1.68. The molecule has 0 amide bonds. The highest BCUT2D eigenvalue weighted by Gasteiger charge is 2.10. The van der Waals surface area contributed by atoms with Crippen molar-refractivity contribution in [1.29, 1.82) is 0 Å². The molecule has 0 saturated heterocycles. The second-order valence-corrected chi connectivity index (χ2v) is 6.86. The van der Waals surface area contributed by atoms with Crippen molar-refractivity contribution in [2.24, 2.45) is 5.14 Å². The molecule has 3 rings (SSSR count). The van der Waals surface area contributed by atoms with Crippen LogP contribution in [0.15, 0.2) is 65.2 Å². The first-order valence-corrected chi connectivity index (χ1v) is 9.48. The molecule has 136 valence electrons. The number of nitrogens with zero attached hydrogens (tertiary/aromatic N) is 2. The zero-order valence-corrected chi connectivity index (χ0v) is 14.9. The third-order valence-electron chi connectivity index (χ3n) is 3.88. The van der Waals surface area contributed by atoms with E-state index in [2.05, 4.69) is 32.8 Å². The molecule has 8 heteroatoms. The van der Waals surface area contributed by atoms with E-state index in [1.165, 1.54) is 0 Å². The summed E-state index contributed by atoms with van der Waals surface area (Å²) in [4.78, 5) is 9.10. The minimum Gasteiger partial charge on any atom is -0.387 e. The minimum absolute atomic E-state index is 0.365. The topological polar surface area (TPSA) is 113 Å². The van der Waals surface area contributed by atoms with Gasteiger partial charge < -0.3 is 15.7 Å².